The van der Waals surface area contributed by atoms with E-state index in [1.807, 2.05) is 31.1 Å². The molecule has 0 aliphatic rings. The van der Waals surface area contributed by atoms with Crippen LogP contribution in [0.15, 0.2) is 54.6 Å². The van der Waals surface area contributed by atoms with Crippen LogP contribution in [0.1, 0.15) is 16.8 Å². The highest BCUT2D eigenvalue weighted by Crippen LogP contribution is 2.16. The quantitative estimate of drug-likeness (QED) is 0.717. The van der Waals surface area contributed by atoms with Gasteiger partial charge in [-0.05, 0) is 30.3 Å². The van der Waals surface area contributed by atoms with Gasteiger partial charge in [-0.15, -0.1) is 0 Å². The maximum Gasteiger partial charge on any atom is 0.338 e. The van der Waals surface area contributed by atoms with E-state index in [1.165, 1.54) is 4.90 Å². The van der Waals surface area contributed by atoms with Gasteiger partial charge in [0.2, 0.25) is 5.91 Å². The summed E-state index contributed by atoms with van der Waals surface area (Å²) in [4.78, 5) is 39.2. The molecule has 0 unspecified atom stereocenters. The first-order valence-corrected chi connectivity index (χ1v) is 8.46. The minimum Gasteiger partial charge on any atom is -0.452 e. The summed E-state index contributed by atoms with van der Waals surface area (Å²) in [5.41, 5.74) is 7.00. The lowest BCUT2D eigenvalue weighted by Gasteiger charge is -2.22. The Hall–Kier alpha value is -3.35. The second-order valence-electron chi connectivity index (χ2n) is 6.12. The predicted molar refractivity (Wildman–Crippen MR) is 104 cm³/mol. The zero-order valence-electron chi connectivity index (χ0n) is 15.4. The highest BCUT2D eigenvalue weighted by molar-refractivity contribution is 5.97. The Labute approximate surface area is 158 Å². The van der Waals surface area contributed by atoms with Crippen LogP contribution in [0.2, 0.25) is 0 Å². The van der Waals surface area contributed by atoms with Gasteiger partial charge < -0.3 is 20.3 Å². The van der Waals surface area contributed by atoms with Crippen molar-refractivity contribution in [3.05, 3.63) is 60.2 Å². The number of para-hydroxylation sites is 1. The number of benzene rings is 2. The van der Waals surface area contributed by atoms with E-state index >= 15 is 0 Å². The van der Waals surface area contributed by atoms with Crippen molar-refractivity contribution in [2.45, 2.75) is 6.42 Å². The minimum absolute atomic E-state index is 0.0134. The number of nitrogens with two attached hydrogens (primary N) is 1. The third-order valence-electron chi connectivity index (χ3n) is 3.88. The van der Waals surface area contributed by atoms with Crippen molar-refractivity contribution in [3.8, 4) is 0 Å². The first-order chi connectivity index (χ1) is 12.9. The molecule has 2 aromatic rings. The fraction of sp³-hybridized carbons (Fsp3) is 0.250. The van der Waals surface area contributed by atoms with E-state index in [4.69, 9.17) is 10.5 Å². The van der Waals surface area contributed by atoms with Crippen molar-refractivity contribution in [2.75, 3.05) is 37.0 Å². The molecule has 27 heavy (non-hydrogen) atoms. The number of esters is 1. The first kappa shape index (κ1) is 20.0. The number of carbonyl (C=O) groups is 3. The fourth-order valence-electron chi connectivity index (χ4n) is 2.43. The molecule has 142 valence electrons. The number of hydrogen-bond acceptors (Lipinski definition) is 5. The van der Waals surface area contributed by atoms with Gasteiger partial charge in [0.05, 0.1) is 5.56 Å². The third-order valence-corrected chi connectivity index (χ3v) is 3.88. The third kappa shape index (κ3) is 5.85. The molecule has 0 aliphatic carbocycles. The Kier molecular flexibility index (Phi) is 6.93. The lowest BCUT2D eigenvalue weighted by atomic mass is 10.2. The average Bonchev–Trinajstić information content (AvgIpc) is 2.67. The molecule has 0 radical (unpaired) electrons. The molecule has 0 spiro atoms. The van der Waals surface area contributed by atoms with Crippen molar-refractivity contribution in [1.29, 1.82) is 0 Å². The molecule has 0 aliphatic heterocycles. The van der Waals surface area contributed by atoms with Crippen LogP contribution in [0.4, 0.5) is 11.4 Å². The number of ether oxygens (including phenoxy) is 1. The number of rotatable bonds is 8. The van der Waals surface area contributed by atoms with Gasteiger partial charge in [-0.3, -0.25) is 9.59 Å². The van der Waals surface area contributed by atoms with E-state index in [9.17, 15) is 14.4 Å². The van der Waals surface area contributed by atoms with Gasteiger partial charge >= 0.3 is 5.97 Å². The Balaban J connectivity index is 2.05. The van der Waals surface area contributed by atoms with E-state index in [0.717, 1.165) is 5.69 Å². The minimum atomic E-state index is -0.588. The Morgan fingerprint density at radius 2 is 1.63 bits per heavy atom. The molecule has 0 saturated carbocycles. The van der Waals surface area contributed by atoms with Gasteiger partial charge in [0.25, 0.3) is 5.91 Å². The lowest BCUT2D eigenvalue weighted by molar-refractivity contribution is -0.121. The highest BCUT2D eigenvalue weighted by atomic mass is 16.5. The molecule has 0 atom stereocenters. The first-order valence-electron chi connectivity index (χ1n) is 8.46. The summed E-state index contributed by atoms with van der Waals surface area (Å²) in [5.74, 6) is -1.53. The van der Waals surface area contributed by atoms with Gasteiger partial charge in [-0.25, -0.2) is 4.79 Å². The molecule has 2 rings (SSSR count). The Morgan fingerprint density at radius 3 is 2.26 bits per heavy atom. The van der Waals surface area contributed by atoms with E-state index in [1.54, 1.807) is 42.5 Å². The largest absolute Gasteiger partial charge is 0.452 e. The predicted octanol–water partition coefficient (Wildman–Crippen LogP) is 1.82. The van der Waals surface area contributed by atoms with Gasteiger partial charge in [0.15, 0.2) is 6.61 Å². The Bertz CT molecular complexity index is 806. The second kappa shape index (κ2) is 9.38. The van der Waals surface area contributed by atoms with Crippen LogP contribution in [0.25, 0.3) is 0 Å². The number of anilines is 2. The molecule has 0 saturated heterocycles. The maximum absolute atomic E-state index is 12.6. The summed E-state index contributed by atoms with van der Waals surface area (Å²) >= 11 is 0. The highest BCUT2D eigenvalue weighted by Gasteiger charge is 2.19. The monoisotopic (exact) mass is 369 g/mol. The van der Waals surface area contributed by atoms with Gasteiger partial charge in [-0.1, -0.05) is 24.3 Å². The molecular weight excluding hydrogens is 346 g/mol. The summed E-state index contributed by atoms with van der Waals surface area (Å²) in [7, 11) is 3.73. The van der Waals surface area contributed by atoms with Crippen molar-refractivity contribution >= 4 is 29.2 Å². The number of amides is 2. The zero-order valence-corrected chi connectivity index (χ0v) is 15.4. The normalized spacial score (nSPS) is 10.1. The smallest absolute Gasteiger partial charge is 0.338 e. The molecule has 7 nitrogen and oxygen atoms in total. The van der Waals surface area contributed by atoms with Crippen LogP contribution >= 0.6 is 0 Å². The van der Waals surface area contributed by atoms with Crippen LogP contribution in [-0.4, -0.2) is 45.0 Å². The van der Waals surface area contributed by atoms with Crippen molar-refractivity contribution in [1.82, 2.24) is 0 Å². The van der Waals surface area contributed by atoms with E-state index in [2.05, 4.69) is 0 Å². The molecule has 0 heterocycles. The van der Waals surface area contributed by atoms with Gasteiger partial charge in [-0.2, -0.15) is 0 Å². The van der Waals surface area contributed by atoms with Crippen molar-refractivity contribution < 1.29 is 19.1 Å². The summed E-state index contributed by atoms with van der Waals surface area (Å²) in [5, 5.41) is 0. The van der Waals surface area contributed by atoms with Gasteiger partial charge in [0, 0.05) is 38.4 Å². The van der Waals surface area contributed by atoms with E-state index in [-0.39, 0.29) is 13.0 Å². The van der Waals surface area contributed by atoms with Crippen molar-refractivity contribution in [2.24, 2.45) is 5.73 Å². The molecule has 2 aromatic carbocycles. The number of primary amides is 1. The van der Waals surface area contributed by atoms with Gasteiger partial charge in [0.1, 0.15) is 0 Å². The molecule has 2 amide bonds. The summed E-state index contributed by atoms with van der Waals surface area (Å²) < 4.78 is 5.17. The Morgan fingerprint density at radius 1 is 0.963 bits per heavy atom. The average molecular weight is 369 g/mol. The maximum atomic E-state index is 12.6. The summed E-state index contributed by atoms with van der Waals surface area (Å²) in [6.07, 6.45) is 0.0134. The number of nitrogens with zero attached hydrogens (tertiary/aromatic N) is 2. The standard InChI is InChI=1S/C20H23N3O4/c1-22(2)17-10-6-7-15(13-17)20(26)27-14-19(25)23(12-11-18(21)24)16-8-4-3-5-9-16/h3-10,13H,11-12,14H2,1-2H3,(H2,21,24). The van der Waals surface area contributed by atoms with Crippen LogP contribution in [0.3, 0.4) is 0 Å². The zero-order chi connectivity index (χ0) is 19.8. The van der Waals surface area contributed by atoms with Crippen LogP contribution in [0, 0.1) is 0 Å². The molecule has 2 N–H and O–H groups in total. The lowest BCUT2D eigenvalue weighted by Crippen LogP contribution is -2.37. The van der Waals surface area contributed by atoms with Crippen LogP contribution in [0.5, 0.6) is 0 Å². The number of hydrogen-bond donors (Lipinski definition) is 1. The summed E-state index contributed by atoms with van der Waals surface area (Å²) in [6.45, 7) is -0.315. The second-order valence-corrected chi connectivity index (χ2v) is 6.12. The topological polar surface area (TPSA) is 92.9 Å². The fourth-order valence-corrected chi connectivity index (χ4v) is 2.43. The molecule has 0 fully saturated rings. The SMILES string of the molecule is CN(C)c1cccc(C(=O)OCC(=O)N(CCC(N)=O)c2ccccc2)c1. The van der Waals surface area contributed by atoms with E-state index in [0.29, 0.717) is 11.3 Å². The van der Waals surface area contributed by atoms with Crippen LogP contribution in [-0.2, 0) is 14.3 Å². The molecule has 7 heteroatoms. The molecule has 0 aromatic heterocycles. The van der Waals surface area contributed by atoms with Crippen molar-refractivity contribution in [3.63, 3.8) is 0 Å². The number of carbonyl (C=O) groups excluding carboxylic acids is 3. The van der Waals surface area contributed by atoms with E-state index < -0.39 is 24.4 Å². The molecular formula is C20H23N3O4. The molecule has 0 bridgehead atoms. The van der Waals surface area contributed by atoms with Crippen LogP contribution < -0.4 is 15.5 Å². The summed E-state index contributed by atoms with van der Waals surface area (Å²) in [6, 6.07) is 15.8.